The second-order valence-electron chi connectivity index (χ2n) is 3.17. The Morgan fingerprint density at radius 2 is 2.44 bits per heavy atom. The van der Waals surface area contributed by atoms with Crippen LogP contribution in [0.15, 0.2) is 18.3 Å². The van der Waals surface area contributed by atoms with Crippen LogP contribution in [0.3, 0.4) is 0 Å². The summed E-state index contributed by atoms with van der Waals surface area (Å²) in [5, 5.41) is 20.6. The third-order valence-corrected chi connectivity index (χ3v) is 1.94. The van der Waals surface area contributed by atoms with Gasteiger partial charge in [0.25, 0.3) is 0 Å². The molecule has 0 amide bonds. The van der Waals surface area contributed by atoms with E-state index in [1.54, 1.807) is 0 Å². The molecule has 5 heteroatoms. The minimum absolute atomic E-state index is 0.134. The molecule has 0 spiro atoms. The van der Waals surface area contributed by atoms with Gasteiger partial charge in [0.05, 0.1) is 18.2 Å². The van der Waals surface area contributed by atoms with Gasteiger partial charge in [0, 0.05) is 12.6 Å². The lowest BCUT2D eigenvalue weighted by Gasteiger charge is -2.14. The quantitative estimate of drug-likeness (QED) is 0.632. The number of carboxylic acid groups (broad SMARTS) is 1. The maximum absolute atomic E-state index is 10.7. The summed E-state index contributed by atoms with van der Waals surface area (Å²) in [7, 11) is 0. The van der Waals surface area contributed by atoms with E-state index in [-0.39, 0.29) is 18.2 Å². The van der Waals surface area contributed by atoms with E-state index in [2.05, 4.69) is 16.2 Å². The van der Waals surface area contributed by atoms with Gasteiger partial charge in [-0.05, 0) is 12.1 Å². The standard InChI is InChI=1S/C11H12N2O3/c1-2-3-9(7-14)13-10-6-8(11(15)16)4-5-12-10/h1,4-6,9,14H,3,7H2,(H,12,13)(H,15,16). The maximum atomic E-state index is 10.7. The van der Waals surface area contributed by atoms with Gasteiger partial charge >= 0.3 is 5.97 Å². The zero-order chi connectivity index (χ0) is 12.0. The Morgan fingerprint density at radius 3 is 3.00 bits per heavy atom. The van der Waals surface area contributed by atoms with Gasteiger partial charge in [0.2, 0.25) is 0 Å². The lowest BCUT2D eigenvalue weighted by atomic mass is 10.2. The normalized spacial score (nSPS) is 11.5. The number of nitrogens with one attached hydrogen (secondary N) is 1. The fraction of sp³-hybridized carbons (Fsp3) is 0.273. The molecule has 0 saturated carbocycles. The van der Waals surface area contributed by atoms with Crippen LogP contribution >= 0.6 is 0 Å². The number of aromatic nitrogens is 1. The first-order valence-electron chi connectivity index (χ1n) is 4.67. The molecule has 1 aromatic rings. The van der Waals surface area contributed by atoms with Crippen molar-refractivity contribution in [2.45, 2.75) is 12.5 Å². The lowest BCUT2D eigenvalue weighted by Crippen LogP contribution is -2.23. The highest BCUT2D eigenvalue weighted by molar-refractivity contribution is 5.88. The molecule has 0 fully saturated rings. The van der Waals surface area contributed by atoms with Gasteiger partial charge in [-0.2, -0.15) is 0 Å². The summed E-state index contributed by atoms with van der Waals surface area (Å²) in [5.74, 6) is 1.77. The number of aromatic carboxylic acids is 1. The van der Waals surface area contributed by atoms with Gasteiger partial charge in [-0.15, -0.1) is 12.3 Å². The lowest BCUT2D eigenvalue weighted by molar-refractivity contribution is 0.0697. The Hall–Kier alpha value is -2.06. The maximum Gasteiger partial charge on any atom is 0.335 e. The third-order valence-electron chi connectivity index (χ3n) is 1.94. The Bertz CT molecular complexity index is 412. The van der Waals surface area contributed by atoms with Crippen molar-refractivity contribution in [3.05, 3.63) is 23.9 Å². The number of hydrogen-bond donors (Lipinski definition) is 3. The number of terminal acetylenes is 1. The summed E-state index contributed by atoms with van der Waals surface area (Å²) in [4.78, 5) is 14.6. The Labute approximate surface area is 93.1 Å². The summed E-state index contributed by atoms with van der Waals surface area (Å²) in [6.45, 7) is -0.136. The minimum atomic E-state index is -1.03. The van der Waals surface area contributed by atoms with E-state index < -0.39 is 5.97 Å². The van der Waals surface area contributed by atoms with Crippen LogP contribution in [0.1, 0.15) is 16.8 Å². The first-order valence-corrected chi connectivity index (χ1v) is 4.67. The molecule has 0 aromatic carbocycles. The number of aliphatic hydroxyl groups is 1. The Kier molecular flexibility index (Phi) is 4.30. The summed E-state index contributed by atoms with van der Waals surface area (Å²) in [5.41, 5.74) is 0.134. The summed E-state index contributed by atoms with van der Waals surface area (Å²) in [6, 6.07) is 2.46. The highest BCUT2D eigenvalue weighted by atomic mass is 16.4. The first kappa shape index (κ1) is 12.0. The molecule has 0 aliphatic carbocycles. The molecule has 0 bridgehead atoms. The molecule has 0 radical (unpaired) electrons. The van der Waals surface area contributed by atoms with Crippen LogP contribution in [0.4, 0.5) is 5.82 Å². The van der Waals surface area contributed by atoms with Gasteiger partial charge in [0.1, 0.15) is 5.82 Å². The van der Waals surface area contributed by atoms with Crippen LogP contribution in [0.2, 0.25) is 0 Å². The topological polar surface area (TPSA) is 82.5 Å². The van der Waals surface area contributed by atoms with E-state index in [0.717, 1.165) is 0 Å². The van der Waals surface area contributed by atoms with Crippen LogP contribution in [0, 0.1) is 12.3 Å². The average Bonchev–Trinajstić information content (AvgIpc) is 2.29. The molecule has 1 rings (SSSR count). The molecule has 16 heavy (non-hydrogen) atoms. The first-order chi connectivity index (χ1) is 7.67. The van der Waals surface area contributed by atoms with Crippen molar-refractivity contribution in [3.63, 3.8) is 0 Å². The molecule has 3 N–H and O–H groups in total. The van der Waals surface area contributed by atoms with Gasteiger partial charge in [-0.1, -0.05) is 0 Å². The van der Waals surface area contributed by atoms with Crippen molar-refractivity contribution in [2.24, 2.45) is 0 Å². The van der Waals surface area contributed by atoms with E-state index in [0.29, 0.717) is 12.2 Å². The molecule has 1 heterocycles. The zero-order valence-corrected chi connectivity index (χ0v) is 8.55. The molecule has 1 unspecified atom stereocenters. The second kappa shape index (κ2) is 5.73. The number of rotatable bonds is 5. The van der Waals surface area contributed by atoms with E-state index in [4.69, 9.17) is 16.6 Å². The molecule has 1 atom stereocenters. The van der Waals surface area contributed by atoms with E-state index >= 15 is 0 Å². The second-order valence-corrected chi connectivity index (χ2v) is 3.17. The minimum Gasteiger partial charge on any atom is -0.478 e. The molecule has 84 valence electrons. The number of pyridine rings is 1. The van der Waals surface area contributed by atoms with Crippen LogP contribution in [-0.2, 0) is 0 Å². The van der Waals surface area contributed by atoms with Gasteiger partial charge in [-0.3, -0.25) is 0 Å². The molecule has 0 saturated heterocycles. The van der Waals surface area contributed by atoms with Crippen LogP contribution < -0.4 is 5.32 Å². The number of hydrogen-bond acceptors (Lipinski definition) is 4. The predicted molar refractivity (Wildman–Crippen MR) is 59.1 cm³/mol. The highest BCUT2D eigenvalue weighted by Crippen LogP contribution is 2.09. The van der Waals surface area contributed by atoms with Gasteiger partial charge < -0.3 is 15.5 Å². The van der Waals surface area contributed by atoms with Crippen molar-refractivity contribution < 1.29 is 15.0 Å². The molecule has 5 nitrogen and oxygen atoms in total. The SMILES string of the molecule is C#CCC(CO)Nc1cc(C(=O)O)ccn1. The smallest absolute Gasteiger partial charge is 0.335 e. The van der Waals surface area contributed by atoms with Crippen molar-refractivity contribution >= 4 is 11.8 Å². The van der Waals surface area contributed by atoms with Crippen molar-refractivity contribution in [1.29, 1.82) is 0 Å². The summed E-state index contributed by atoms with van der Waals surface area (Å²) >= 11 is 0. The van der Waals surface area contributed by atoms with Crippen LogP contribution in [0.5, 0.6) is 0 Å². The number of nitrogens with zero attached hydrogens (tertiary/aromatic N) is 1. The van der Waals surface area contributed by atoms with Crippen molar-refractivity contribution in [1.82, 2.24) is 4.98 Å². The fourth-order valence-corrected chi connectivity index (χ4v) is 1.16. The number of carboxylic acids is 1. The summed E-state index contributed by atoms with van der Waals surface area (Å²) < 4.78 is 0. The zero-order valence-electron chi connectivity index (χ0n) is 8.55. The Balaban J connectivity index is 2.77. The fourth-order valence-electron chi connectivity index (χ4n) is 1.16. The monoisotopic (exact) mass is 220 g/mol. The van der Waals surface area contributed by atoms with E-state index in [9.17, 15) is 4.79 Å². The summed E-state index contributed by atoms with van der Waals surface area (Å²) in [6.07, 6.45) is 6.85. The number of aliphatic hydroxyl groups excluding tert-OH is 1. The van der Waals surface area contributed by atoms with Crippen LogP contribution in [0.25, 0.3) is 0 Å². The number of carbonyl (C=O) groups is 1. The average molecular weight is 220 g/mol. The predicted octanol–water partition coefficient (Wildman–Crippen LogP) is 0.576. The van der Waals surface area contributed by atoms with Crippen LogP contribution in [-0.4, -0.2) is 33.8 Å². The molecular weight excluding hydrogens is 208 g/mol. The Morgan fingerprint density at radius 1 is 1.69 bits per heavy atom. The molecule has 1 aromatic heterocycles. The van der Waals surface area contributed by atoms with Crippen molar-refractivity contribution in [3.8, 4) is 12.3 Å². The molecular formula is C11H12N2O3. The van der Waals surface area contributed by atoms with Gasteiger partial charge in [0.15, 0.2) is 0 Å². The van der Waals surface area contributed by atoms with E-state index in [1.165, 1.54) is 18.3 Å². The molecule has 0 aliphatic heterocycles. The highest BCUT2D eigenvalue weighted by Gasteiger charge is 2.08. The third kappa shape index (κ3) is 3.26. The number of anilines is 1. The van der Waals surface area contributed by atoms with E-state index in [1.807, 2.05) is 0 Å². The largest absolute Gasteiger partial charge is 0.478 e. The van der Waals surface area contributed by atoms with Gasteiger partial charge in [-0.25, -0.2) is 9.78 Å². The van der Waals surface area contributed by atoms with Crippen molar-refractivity contribution in [2.75, 3.05) is 11.9 Å². The molecule has 0 aliphatic rings.